The third kappa shape index (κ3) is 4.39. The summed E-state index contributed by atoms with van der Waals surface area (Å²) in [6.45, 7) is 2.51. The Kier molecular flexibility index (Phi) is 6.08. The molecule has 1 amide bonds. The van der Waals surface area contributed by atoms with Gasteiger partial charge >= 0.3 is 0 Å². The lowest BCUT2D eigenvalue weighted by Gasteiger charge is -2.20. The number of aromatic nitrogens is 3. The van der Waals surface area contributed by atoms with E-state index in [1.807, 2.05) is 37.2 Å². The molecule has 3 heterocycles. The van der Waals surface area contributed by atoms with Gasteiger partial charge in [0, 0.05) is 59.5 Å². The fraction of sp³-hybridized carbons (Fsp3) is 0.500. The molecule has 0 saturated carbocycles. The van der Waals surface area contributed by atoms with Crippen LogP contribution in [0.2, 0.25) is 0 Å². The molecule has 2 aromatic heterocycles. The normalized spacial score (nSPS) is 16.8. The van der Waals surface area contributed by atoms with Crippen LogP contribution >= 0.6 is 0 Å². The molecule has 1 aliphatic heterocycles. The third-order valence-electron chi connectivity index (χ3n) is 4.88. The van der Waals surface area contributed by atoms with Crippen molar-refractivity contribution in [2.75, 3.05) is 53.3 Å². The number of nitrogens with zero attached hydrogens (tertiary/aromatic N) is 6. The summed E-state index contributed by atoms with van der Waals surface area (Å²) in [5, 5.41) is 0. The maximum Gasteiger partial charge on any atom is 0.256 e. The second-order valence-corrected chi connectivity index (χ2v) is 7.45. The summed E-state index contributed by atoms with van der Waals surface area (Å²) in [6, 6.07) is 5.81. The smallest absolute Gasteiger partial charge is 0.256 e. The lowest BCUT2D eigenvalue weighted by Crippen LogP contribution is -2.26. The van der Waals surface area contributed by atoms with E-state index in [4.69, 9.17) is 9.72 Å². The number of likely N-dealkylation sites (tertiary alicyclic amines) is 1. The molecule has 3 rings (SSSR count). The molecule has 1 unspecified atom stereocenters. The number of amides is 1. The van der Waals surface area contributed by atoms with E-state index in [0.29, 0.717) is 17.4 Å². The molecule has 28 heavy (non-hydrogen) atoms. The quantitative estimate of drug-likeness (QED) is 0.749. The molecule has 8 heteroatoms. The molecule has 1 aliphatic rings. The molecule has 0 aliphatic carbocycles. The van der Waals surface area contributed by atoms with E-state index in [9.17, 15) is 4.79 Å². The van der Waals surface area contributed by atoms with Gasteiger partial charge in [-0.1, -0.05) is 6.07 Å². The molecular weight excluding hydrogens is 356 g/mol. The van der Waals surface area contributed by atoms with Gasteiger partial charge in [0.2, 0.25) is 11.8 Å². The first-order valence-corrected chi connectivity index (χ1v) is 9.37. The number of ether oxygens (including phenoxy) is 1. The summed E-state index contributed by atoms with van der Waals surface area (Å²) >= 11 is 0. The highest BCUT2D eigenvalue weighted by Gasteiger charge is 2.30. The van der Waals surface area contributed by atoms with Crippen LogP contribution in [0.3, 0.4) is 0 Å². The lowest BCUT2D eigenvalue weighted by atomic mass is 9.99. The standard InChI is InChI=1S/C20H28N6O2/c1-24(2)19(27)16-11-21-20(25(3)4)23-18(16)14-9-10-26(12-14)13-15-7-6-8-17(22-15)28-5/h6-8,11,14H,9-10,12-13H2,1-5H3. The second-order valence-electron chi connectivity index (χ2n) is 7.45. The van der Waals surface area contributed by atoms with Crippen molar-refractivity contribution >= 4 is 11.9 Å². The largest absolute Gasteiger partial charge is 0.481 e. The van der Waals surface area contributed by atoms with Gasteiger partial charge in [-0.05, 0) is 19.0 Å². The Labute approximate surface area is 166 Å². The van der Waals surface area contributed by atoms with Gasteiger partial charge < -0.3 is 14.5 Å². The Morgan fingerprint density at radius 1 is 1.25 bits per heavy atom. The fourth-order valence-electron chi connectivity index (χ4n) is 3.41. The second kappa shape index (κ2) is 8.52. The van der Waals surface area contributed by atoms with Gasteiger partial charge in [-0.2, -0.15) is 0 Å². The molecular formula is C20H28N6O2. The summed E-state index contributed by atoms with van der Waals surface area (Å²) in [7, 11) is 8.94. The first kappa shape index (κ1) is 20.0. The Bertz CT molecular complexity index is 839. The van der Waals surface area contributed by atoms with E-state index in [1.54, 1.807) is 32.3 Å². The Hall–Kier alpha value is -2.74. The van der Waals surface area contributed by atoms with Crippen LogP contribution in [0.25, 0.3) is 0 Å². The first-order valence-electron chi connectivity index (χ1n) is 9.37. The highest BCUT2D eigenvalue weighted by Crippen LogP contribution is 2.30. The van der Waals surface area contributed by atoms with Crippen molar-refractivity contribution in [2.45, 2.75) is 18.9 Å². The van der Waals surface area contributed by atoms with Gasteiger partial charge in [-0.3, -0.25) is 9.69 Å². The summed E-state index contributed by atoms with van der Waals surface area (Å²) in [6.07, 6.45) is 2.60. The van der Waals surface area contributed by atoms with Crippen molar-refractivity contribution in [3.8, 4) is 5.88 Å². The summed E-state index contributed by atoms with van der Waals surface area (Å²) in [5.41, 5.74) is 2.39. The molecule has 0 aromatic carbocycles. The van der Waals surface area contributed by atoms with E-state index in [1.165, 1.54) is 0 Å². The van der Waals surface area contributed by atoms with Crippen molar-refractivity contribution in [1.29, 1.82) is 0 Å². The van der Waals surface area contributed by atoms with E-state index >= 15 is 0 Å². The Morgan fingerprint density at radius 2 is 2.04 bits per heavy atom. The molecule has 0 N–H and O–H groups in total. The number of carbonyl (C=O) groups is 1. The zero-order valence-electron chi connectivity index (χ0n) is 17.2. The minimum atomic E-state index is -0.0618. The zero-order chi connectivity index (χ0) is 20.3. The van der Waals surface area contributed by atoms with Gasteiger partial charge in [-0.25, -0.2) is 15.0 Å². The van der Waals surface area contributed by atoms with Crippen LogP contribution in [0, 0.1) is 0 Å². The van der Waals surface area contributed by atoms with Crippen LogP contribution in [0.15, 0.2) is 24.4 Å². The van der Waals surface area contributed by atoms with E-state index in [-0.39, 0.29) is 11.8 Å². The number of pyridine rings is 1. The Morgan fingerprint density at radius 3 is 2.71 bits per heavy atom. The van der Waals surface area contributed by atoms with Crippen LogP contribution in [0.4, 0.5) is 5.95 Å². The van der Waals surface area contributed by atoms with Gasteiger partial charge in [0.15, 0.2) is 0 Å². The number of carbonyl (C=O) groups excluding carboxylic acids is 1. The molecule has 1 fully saturated rings. The number of hydrogen-bond acceptors (Lipinski definition) is 7. The topological polar surface area (TPSA) is 74.7 Å². The molecule has 0 bridgehead atoms. The molecule has 0 spiro atoms. The third-order valence-corrected chi connectivity index (χ3v) is 4.88. The summed E-state index contributed by atoms with van der Waals surface area (Å²) < 4.78 is 5.22. The fourth-order valence-corrected chi connectivity index (χ4v) is 3.41. The van der Waals surface area contributed by atoms with Crippen molar-refractivity contribution < 1.29 is 9.53 Å². The maximum absolute atomic E-state index is 12.6. The summed E-state index contributed by atoms with van der Waals surface area (Å²) in [5.74, 6) is 1.37. The summed E-state index contributed by atoms with van der Waals surface area (Å²) in [4.78, 5) is 32.0. The number of methoxy groups -OCH3 is 1. The van der Waals surface area contributed by atoms with Crippen LogP contribution in [0.5, 0.6) is 5.88 Å². The zero-order valence-corrected chi connectivity index (χ0v) is 17.2. The van der Waals surface area contributed by atoms with Gasteiger partial charge in [0.1, 0.15) is 0 Å². The average Bonchev–Trinajstić information content (AvgIpc) is 3.15. The van der Waals surface area contributed by atoms with Crippen LogP contribution in [0.1, 0.15) is 34.1 Å². The number of hydrogen-bond donors (Lipinski definition) is 0. The molecule has 8 nitrogen and oxygen atoms in total. The van der Waals surface area contributed by atoms with Crippen LogP contribution < -0.4 is 9.64 Å². The molecule has 0 radical (unpaired) electrons. The lowest BCUT2D eigenvalue weighted by molar-refractivity contribution is 0.0825. The predicted octanol–water partition coefficient (Wildman–Crippen LogP) is 1.64. The van der Waals surface area contributed by atoms with Gasteiger partial charge in [0.05, 0.1) is 24.1 Å². The van der Waals surface area contributed by atoms with E-state index < -0.39 is 0 Å². The Balaban J connectivity index is 1.81. The number of anilines is 1. The van der Waals surface area contributed by atoms with Gasteiger partial charge in [0.25, 0.3) is 5.91 Å². The number of rotatable bonds is 6. The highest BCUT2D eigenvalue weighted by molar-refractivity contribution is 5.95. The van der Waals surface area contributed by atoms with Crippen LogP contribution in [-0.2, 0) is 6.54 Å². The molecule has 150 valence electrons. The van der Waals surface area contributed by atoms with Crippen molar-refractivity contribution in [3.63, 3.8) is 0 Å². The minimum absolute atomic E-state index is 0.0618. The molecule has 1 atom stereocenters. The van der Waals surface area contributed by atoms with Crippen molar-refractivity contribution in [3.05, 3.63) is 41.3 Å². The van der Waals surface area contributed by atoms with Gasteiger partial charge in [-0.15, -0.1) is 0 Å². The molecule has 1 saturated heterocycles. The minimum Gasteiger partial charge on any atom is -0.481 e. The van der Waals surface area contributed by atoms with E-state index in [2.05, 4.69) is 14.9 Å². The van der Waals surface area contributed by atoms with Crippen molar-refractivity contribution in [1.82, 2.24) is 24.8 Å². The molecule has 2 aromatic rings. The highest BCUT2D eigenvalue weighted by atomic mass is 16.5. The predicted molar refractivity (Wildman–Crippen MR) is 108 cm³/mol. The monoisotopic (exact) mass is 384 g/mol. The van der Waals surface area contributed by atoms with Crippen LogP contribution in [-0.4, -0.2) is 79.0 Å². The van der Waals surface area contributed by atoms with Crippen molar-refractivity contribution in [2.24, 2.45) is 0 Å². The SMILES string of the molecule is COc1cccc(CN2CCC(c3nc(N(C)C)ncc3C(=O)N(C)C)C2)n1. The average molecular weight is 384 g/mol. The first-order chi connectivity index (χ1) is 13.4. The maximum atomic E-state index is 12.6. The van der Waals surface area contributed by atoms with E-state index in [0.717, 1.165) is 37.4 Å².